The van der Waals surface area contributed by atoms with Crippen molar-refractivity contribution in [1.29, 1.82) is 0 Å². The van der Waals surface area contributed by atoms with Gasteiger partial charge in [0.15, 0.2) is 0 Å². The van der Waals surface area contributed by atoms with E-state index in [1.165, 1.54) is 6.07 Å². The summed E-state index contributed by atoms with van der Waals surface area (Å²) >= 11 is 5.65. The van der Waals surface area contributed by atoms with Gasteiger partial charge in [0.1, 0.15) is 10.9 Å². The number of H-pyrrole nitrogens is 1. The summed E-state index contributed by atoms with van der Waals surface area (Å²) < 4.78 is 11.0. The van der Waals surface area contributed by atoms with E-state index >= 15 is 0 Å². The number of benzene rings is 1. The summed E-state index contributed by atoms with van der Waals surface area (Å²) in [5.41, 5.74) is 2.61. The van der Waals surface area contributed by atoms with Crippen LogP contribution in [0.4, 0.5) is 0 Å². The first-order valence-electron chi connectivity index (χ1n) is 5.77. The quantitative estimate of drug-likeness (QED) is 0.917. The molecule has 3 rings (SSSR count). The predicted molar refractivity (Wildman–Crippen MR) is 69.6 cm³/mol. The van der Waals surface area contributed by atoms with Crippen molar-refractivity contribution in [2.45, 2.75) is 20.1 Å². The molecule has 1 aromatic carbocycles. The Morgan fingerprint density at radius 1 is 1.42 bits per heavy atom. The van der Waals surface area contributed by atoms with Crippen molar-refractivity contribution in [2.75, 3.05) is 0 Å². The van der Waals surface area contributed by atoms with Crippen molar-refractivity contribution < 1.29 is 9.47 Å². The minimum atomic E-state index is -0.361. The van der Waals surface area contributed by atoms with E-state index in [2.05, 4.69) is 10.2 Å². The highest BCUT2D eigenvalue weighted by Crippen LogP contribution is 2.34. The molecule has 6 heteroatoms. The number of halogens is 1. The number of nitrogens with one attached hydrogen (secondary N) is 1. The third kappa shape index (κ3) is 2.22. The molecule has 0 saturated carbocycles. The molecule has 0 fully saturated rings. The van der Waals surface area contributed by atoms with E-state index in [-0.39, 0.29) is 16.5 Å². The number of fused-ring (bicyclic) bond motifs is 1. The number of aromatic nitrogens is 2. The van der Waals surface area contributed by atoms with Gasteiger partial charge in [0.05, 0.1) is 13.2 Å². The molecule has 0 radical (unpaired) electrons. The maximum atomic E-state index is 11.7. The SMILES string of the molecule is Cc1ccc2c(c1Oc1n[nH]c(Cl)cc1=O)COC2. The van der Waals surface area contributed by atoms with Crippen LogP contribution in [0.1, 0.15) is 16.7 Å². The summed E-state index contributed by atoms with van der Waals surface area (Å²) in [4.78, 5) is 11.7. The van der Waals surface area contributed by atoms with Crippen LogP contribution in [0.3, 0.4) is 0 Å². The number of hydrogen-bond donors (Lipinski definition) is 1. The summed E-state index contributed by atoms with van der Waals surface area (Å²) in [5.74, 6) is 0.614. The van der Waals surface area contributed by atoms with Crippen molar-refractivity contribution in [3.63, 3.8) is 0 Å². The predicted octanol–water partition coefficient (Wildman–Crippen LogP) is 2.55. The highest BCUT2D eigenvalue weighted by Gasteiger charge is 2.19. The van der Waals surface area contributed by atoms with E-state index in [0.717, 1.165) is 16.7 Å². The lowest BCUT2D eigenvalue weighted by atomic mass is 10.1. The van der Waals surface area contributed by atoms with E-state index in [1.807, 2.05) is 19.1 Å². The van der Waals surface area contributed by atoms with E-state index in [1.54, 1.807) is 0 Å². The molecule has 0 saturated heterocycles. The van der Waals surface area contributed by atoms with E-state index in [9.17, 15) is 4.79 Å². The van der Waals surface area contributed by atoms with Crippen LogP contribution in [0.2, 0.25) is 5.15 Å². The topological polar surface area (TPSA) is 64.2 Å². The van der Waals surface area contributed by atoms with Crippen LogP contribution in [0.25, 0.3) is 0 Å². The van der Waals surface area contributed by atoms with Gasteiger partial charge in [-0.3, -0.25) is 9.89 Å². The first-order valence-corrected chi connectivity index (χ1v) is 6.15. The monoisotopic (exact) mass is 278 g/mol. The largest absolute Gasteiger partial charge is 0.434 e. The Kier molecular flexibility index (Phi) is 3.00. The average molecular weight is 279 g/mol. The van der Waals surface area contributed by atoms with Gasteiger partial charge in [0.25, 0.3) is 5.88 Å². The molecule has 1 aliphatic rings. The van der Waals surface area contributed by atoms with Gasteiger partial charge in [0.2, 0.25) is 5.43 Å². The van der Waals surface area contributed by atoms with Crippen LogP contribution < -0.4 is 10.2 Å². The zero-order chi connectivity index (χ0) is 13.4. The summed E-state index contributed by atoms with van der Waals surface area (Å²) in [6, 6.07) is 5.18. The molecule has 0 bridgehead atoms. The van der Waals surface area contributed by atoms with Gasteiger partial charge < -0.3 is 9.47 Å². The lowest BCUT2D eigenvalue weighted by Gasteiger charge is -2.11. The minimum absolute atomic E-state index is 0.0206. The molecule has 5 nitrogen and oxygen atoms in total. The first kappa shape index (κ1) is 12.2. The maximum Gasteiger partial charge on any atom is 0.285 e. The van der Waals surface area contributed by atoms with E-state index in [4.69, 9.17) is 21.1 Å². The van der Waals surface area contributed by atoms with Crippen LogP contribution in [-0.2, 0) is 18.0 Å². The summed E-state index contributed by atoms with van der Waals surface area (Å²) in [6.07, 6.45) is 0. The molecule has 0 amide bonds. The summed E-state index contributed by atoms with van der Waals surface area (Å²) in [6.45, 7) is 2.96. The molecule has 0 unspecified atom stereocenters. The minimum Gasteiger partial charge on any atom is -0.434 e. The smallest absolute Gasteiger partial charge is 0.285 e. The van der Waals surface area contributed by atoms with Gasteiger partial charge in [-0.25, -0.2) is 0 Å². The van der Waals surface area contributed by atoms with Crippen molar-refractivity contribution in [3.8, 4) is 11.6 Å². The highest BCUT2D eigenvalue weighted by atomic mass is 35.5. The zero-order valence-corrected chi connectivity index (χ0v) is 11.0. The third-order valence-electron chi connectivity index (χ3n) is 2.99. The molecule has 2 heterocycles. The fourth-order valence-corrected chi connectivity index (χ4v) is 2.16. The molecule has 2 aromatic rings. The Hall–Kier alpha value is -1.85. The lowest BCUT2D eigenvalue weighted by Crippen LogP contribution is -2.08. The molecule has 98 valence electrons. The van der Waals surface area contributed by atoms with Crippen molar-refractivity contribution in [3.05, 3.63) is 50.3 Å². The Bertz CT molecular complexity index is 697. The fourth-order valence-electron chi connectivity index (χ4n) is 2.02. The Labute approximate surface area is 114 Å². The third-order valence-corrected chi connectivity index (χ3v) is 3.18. The van der Waals surface area contributed by atoms with Gasteiger partial charge in [-0.05, 0) is 18.1 Å². The molecular weight excluding hydrogens is 268 g/mol. The van der Waals surface area contributed by atoms with E-state index in [0.29, 0.717) is 19.0 Å². The van der Waals surface area contributed by atoms with Gasteiger partial charge in [0, 0.05) is 11.6 Å². The van der Waals surface area contributed by atoms with Crippen LogP contribution in [0, 0.1) is 6.92 Å². The fraction of sp³-hybridized carbons (Fsp3) is 0.231. The average Bonchev–Trinajstić information content (AvgIpc) is 2.84. The number of rotatable bonds is 2. The maximum absolute atomic E-state index is 11.7. The second-order valence-electron chi connectivity index (χ2n) is 4.33. The molecule has 0 atom stereocenters. The first-order chi connectivity index (χ1) is 9.15. The van der Waals surface area contributed by atoms with Gasteiger partial charge in [-0.15, -0.1) is 5.10 Å². The van der Waals surface area contributed by atoms with Crippen LogP contribution in [-0.4, -0.2) is 10.2 Å². The van der Waals surface area contributed by atoms with Crippen molar-refractivity contribution in [1.82, 2.24) is 10.2 Å². The second-order valence-corrected chi connectivity index (χ2v) is 4.74. The second kappa shape index (κ2) is 4.68. The lowest BCUT2D eigenvalue weighted by molar-refractivity contribution is 0.133. The molecule has 0 spiro atoms. The molecule has 1 aliphatic heterocycles. The van der Waals surface area contributed by atoms with Gasteiger partial charge in [-0.2, -0.15) is 0 Å². The normalized spacial score (nSPS) is 13.4. The van der Waals surface area contributed by atoms with E-state index < -0.39 is 0 Å². The number of ether oxygens (including phenoxy) is 2. The Morgan fingerprint density at radius 2 is 2.26 bits per heavy atom. The number of aromatic amines is 1. The van der Waals surface area contributed by atoms with Crippen molar-refractivity contribution in [2.24, 2.45) is 0 Å². The van der Waals surface area contributed by atoms with Gasteiger partial charge in [-0.1, -0.05) is 23.7 Å². The van der Waals surface area contributed by atoms with Gasteiger partial charge >= 0.3 is 0 Å². The van der Waals surface area contributed by atoms with Crippen LogP contribution >= 0.6 is 11.6 Å². The van der Waals surface area contributed by atoms with Crippen molar-refractivity contribution >= 4 is 11.6 Å². The summed E-state index contributed by atoms with van der Waals surface area (Å²) in [7, 11) is 0. The molecule has 0 aliphatic carbocycles. The molecule has 1 aromatic heterocycles. The highest BCUT2D eigenvalue weighted by molar-refractivity contribution is 6.29. The molecular formula is C13H11ClN2O3. The number of aryl methyl sites for hydroxylation is 1. The van der Waals surface area contributed by atoms with Crippen LogP contribution in [0.15, 0.2) is 23.0 Å². The standard InChI is InChI=1S/C13H11ClN2O3/c1-7-2-3-8-5-18-6-9(8)12(7)19-13-10(17)4-11(14)15-16-13/h2-4H,5-6H2,1H3,(H,15,17). The molecule has 19 heavy (non-hydrogen) atoms. The number of hydrogen-bond acceptors (Lipinski definition) is 4. The zero-order valence-electron chi connectivity index (χ0n) is 10.2. The summed E-state index contributed by atoms with van der Waals surface area (Å²) in [5, 5.41) is 6.49. The number of nitrogens with zero attached hydrogens (tertiary/aromatic N) is 1. The van der Waals surface area contributed by atoms with Crippen LogP contribution in [0.5, 0.6) is 11.6 Å². The Morgan fingerprint density at radius 3 is 3.05 bits per heavy atom. The Balaban J connectivity index is 2.04. The molecule has 1 N–H and O–H groups in total.